The zero-order valence-electron chi connectivity index (χ0n) is 20.1. The Labute approximate surface area is 206 Å². The fourth-order valence-electron chi connectivity index (χ4n) is 4.38. The second kappa shape index (κ2) is 10.4. The number of carbonyl (C=O) groups excluding carboxylic acids is 1. The van der Waals surface area contributed by atoms with Crippen LogP contribution in [0.25, 0.3) is 0 Å². The van der Waals surface area contributed by atoms with Gasteiger partial charge in [0.2, 0.25) is 10.0 Å². The molecule has 1 N–H and O–H groups in total. The second-order valence-electron chi connectivity index (χ2n) is 9.45. The van der Waals surface area contributed by atoms with Crippen LogP contribution in [-0.4, -0.2) is 69.3 Å². The van der Waals surface area contributed by atoms with E-state index in [1.54, 1.807) is 18.2 Å². The Balaban J connectivity index is 1.16. The van der Waals surface area contributed by atoms with Crippen LogP contribution in [0.2, 0.25) is 0 Å². The third-order valence-corrected chi connectivity index (χ3v) is 8.10. The number of para-hydroxylation sites is 1. The first kappa shape index (κ1) is 25.2. The van der Waals surface area contributed by atoms with E-state index in [4.69, 9.17) is 9.47 Å². The summed E-state index contributed by atoms with van der Waals surface area (Å²) in [5.74, 6) is 0.557. The molecule has 0 atom stereocenters. The van der Waals surface area contributed by atoms with Crippen molar-refractivity contribution in [3.05, 3.63) is 53.8 Å². The monoisotopic (exact) mass is 505 g/mol. The van der Waals surface area contributed by atoms with Gasteiger partial charge in [-0.05, 0) is 50.6 Å². The Hall–Kier alpha value is -2.85. The topological polar surface area (TPSA) is 88.2 Å². The molecule has 0 aliphatic carbocycles. The van der Waals surface area contributed by atoms with Crippen LogP contribution in [0.15, 0.2) is 42.5 Å². The Bertz CT molecular complexity index is 1150. The van der Waals surface area contributed by atoms with E-state index in [2.05, 4.69) is 5.32 Å². The van der Waals surface area contributed by atoms with E-state index in [9.17, 15) is 17.6 Å². The zero-order valence-corrected chi connectivity index (χ0v) is 20.9. The summed E-state index contributed by atoms with van der Waals surface area (Å²) in [5.41, 5.74) is 1.63. The summed E-state index contributed by atoms with van der Waals surface area (Å²) in [7, 11) is -3.42. The first-order chi connectivity index (χ1) is 16.6. The van der Waals surface area contributed by atoms with Crippen LogP contribution < -0.4 is 19.7 Å². The van der Waals surface area contributed by atoms with Crippen molar-refractivity contribution in [2.45, 2.75) is 32.3 Å². The second-order valence-corrected chi connectivity index (χ2v) is 11.5. The fraction of sp³-hybridized carbons (Fsp3) is 0.480. The Morgan fingerprint density at radius 1 is 1.11 bits per heavy atom. The van der Waals surface area contributed by atoms with Crippen LogP contribution in [0.3, 0.4) is 0 Å². The maximum atomic E-state index is 13.1. The third kappa shape index (κ3) is 6.43. The number of benzene rings is 2. The quantitative estimate of drug-likeness (QED) is 0.527. The molecule has 0 bridgehead atoms. The summed E-state index contributed by atoms with van der Waals surface area (Å²) in [4.78, 5) is 14.2. The molecule has 0 unspecified atom stereocenters. The third-order valence-electron chi connectivity index (χ3n) is 6.14. The molecule has 2 heterocycles. The van der Waals surface area contributed by atoms with Crippen LogP contribution in [0.5, 0.6) is 11.5 Å². The van der Waals surface area contributed by atoms with Gasteiger partial charge in [0.15, 0.2) is 18.1 Å². The molecule has 1 saturated heterocycles. The lowest BCUT2D eigenvalue weighted by Crippen LogP contribution is -2.49. The summed E-state index contributed by atoms with van der Waals surface area (Å²) >= 11 is 0. The van der Waals surface area contributed by atoms with E-state index >= 15 is 0 Å². The van der Waals surface area contributed by atoms with Crippen molar-refractivity contribution >= 4 is 21.6 Å². The minimum Gasteiger partial charge on any atom is -0.483 e. The Kier molecular flexibility index (Phi) is 7.51. The lowest BCUT2D eigenvalue weighted by Gasteiger charge is -2.35. The fourth-order valence-corrected chi connectivity index (χ4v) is 5.87. The van der Waals surface area contributed by atoms with Crippen molar-refractivity contribution in [3.63, 3.8) is 0 Å². The maximum Gasteiger partial charge on any atom is 0.257 e. The molecule has 10 heteroatoms. The van der Waals surface area contributed by atoms with Crippen LogP contribution in [-0.2, 0) is 21.2 Å². The van der Waals surface area contributed by atoms with Gasteiger partial charge in [-0.15, -0.1) is 0 Å². The Morgan fingerprint density at radius 3 is 2.54 bits per heavy atom. The number of carbonyl (C=O) groups is 1. The van der Waals surface area contributed by atoms with Gasteiger partial charge in [0.05, 0.1) is 5.75 Å². The van der Waals surface area contributed by atoms with E-state index in [1.807, 2.05) is 30.9 Å². The van der Waals surface area contributed by atoms with Crippen molar-refractivity contribution in [2.24, 2.45) is 0 Å². The van der Waals surface area contributed by atoms with Crippen molar-refractivity contribution < 1.29 is 27.1 Å². The number of hydrogen-bond donors (Lipinski definition) is 1. The highest BCUT2D eigenvalue weighted by molar-refractivity contribution is 7.89. The number of amides is 1. The summed E-state index contributed by atoms with van der Waals surface area (Å²) in [6.45, 7) is 5.92. The molecule has 2 aromatic carbocycles. The first-order valence-electron chi connectivity index (χ1n) is 11.8. The average molecular weight is 506 g/mol. The molecular formula is C25H32FN3O5S. The van der Waals surface area contributed by atoms with Crippen molar-refractivity contribution in [1.29, 1.82) is 0 Å². The lowest BCUT2D eigenvalue weighted by atomic mass is 10.0. The summed E-state index contributed by atoms with van der Waals surface area (Å²) in [6, 6.07) is 11.8. The number of fused-ring (bicyclic) bond motifs is 1. The number of nitrogens with one attached hydrogen (secondary N) is 1. The largest absolute Gasteiger partial charge is 0.483 e. The summed E-state index contributed by atoms with van der Waals surface area (Å²) in [5, 5.41) is 2.72. The molecule has 4 rings (SSSR count). The van der Waals surface area contributed by atoms with Gasteiger partial charge in [0.1, 0.15) is 11.4 Å². The lowest BCUT2D eigenvalue weighted by molar-refractivity contribution is -0.123. The molecule has 1 amide bonds. The van der Waals surface area contributed by atoms with Crippen molar-refractivity contribution in [3.8, 4) is 11.5 Å². The van der Waals surface area contributed by atoms with Crippen LogP contribution >= 0.6 is 0 Å². The van der Waals surface area contributed by atoms with Crippen LogP contribution in [0.4, 0.5) is 10.1 Å². The highest BCUT2D eigenvalue weighted by Crippen LogP contribution is 2.41. The average Bonchev–Trinajstić information content (AvgIpc) is 3.15. The summed E-state index contributed by atoms with van der Waals surface area (Å²) < 4.78 is 51.6. The predicted octanol–water partition coefficient (Wildman–Crippen LogP) is 2.58. The number of anilines is 1. The van der Waals surface area contributed by atoms with Gasteiger partial charge >= 0.3 is 0 Å². The molecule has 0 radical (unpaired) electrons. The number of ether oxygens (including phenoxy) is 2. The standard InChI is InChI=1S/C25H32FN3O5S/c1-25(2)17-19-5-3-6-22(24(19)34-25)33-18-23(30)27-11-4-16-35(31,32)29-14-12-28(13-15-29)21-9-7-20(26)8-10-21/h3,5-10H,4,11-18H2,1-2H3,(H,27,30). The number of nitrogens with zero attached hydrogens (tertiary/aromatic N) is 2. The van der Waals surface area contributed by atoms with Crippen LogP contribution in [0, 0.1) is 5.82 Å². The van der Waals surface area contributed by atoms with Crippen molar-refractivity contribution in [1.82, 2.24) is 9.62 Å². The molecule has 2 aliphatic rings. The molecule has 0 saturated carbocycles. The van der Waals surface area contributed by atoms with Gasteiger partial charge in [-0.2, -0.15) is 4.31 Å². The van der Waals surface area contributed by atoms with Gasteiger partial charge in [-0.1, -0.05) is 12.1 Å². The zero-order chi connectivity index (χ0) is 25.1. The highest BCUT2D eigenvalue weighted by Gasteiger charge is 2.32. The normalized spacial score (nSPS) is 17.5. The molecule has 0 aromatic heterocycles. The number of hydrogen-bond acceptors (Lipinski definition) is 6. The van der Waals surface area contributed by atoms with E-state index in [0.717, 1.165) is 17.7 Å². The molecule has 2 aromatic rings. The van der Waals surface area contributed by atoms with Gasteiger partial charge in [-0.3, -0.25) is 4.79 Å². The molecule has 0 spiro atoms. The minimum absolute atomic E-state index is 0.0419. The van der Waals surface area contributed by atoms with Crippen LogP contribution in [0.1, 0.15) is 25.8 Å². The predicted molar refractivity (Wildman–Crippen MR) is 132 cm³/mol. The number of piperazine rings is 1. The number of halogens is 1. The van der Waals surface area contributed by atoms with E-state index in [1.165, 1.54) is 16.4 Å². The molecule has 190 valence electrons. The SMILES string of the molecule is CC1(C)Cc2cccc(OCC(=O)NCCCS(=O)(=O)N3CCN(c4ccc(F)cc4)CC3)c2O1. The molecule has 8 nitrogen and oxygen atoms in total. The minimum atomic E-state index is -3.42. The number of sulfonamides is 1. The van der Waals surface area contributed by atoms with E-state index in [-0.39, 0.29) is 36.2 Å². The van der Waals surface area contributed by atoms with Crippen molar-refractivity contribution in [2.75, 3.05) is 50.0 Å². The first-order valence-corrected chi connectivity index (χ1v) is 13.4. The van der Waals surface area contributed by atoms with E-state index in [0.29, 0.717) is 44.1 Å². The van der Waals surface area contributed by atoms with Gasteiger partial charge in [0, 0.05) is 50.4 Å². The van der Waals surface area contributed by atoms with Gasteiger partial charge < -0.3 is 19.7 Å². The van der Waals surface area contributed by atoms with Gasteiger partial charge in [-0.25, -0.2) is 12.8 Å². The smallest absolute Gasteiger partial charge is 0.257 e. The highest BCUT2D eigenvalue weighted by atomic mass is 32.2. The maximum absolute atomic E-state index is 13.1. The summed E-state index contributed by atoms with van der Waals surface area (Å²) in [6.07, 6.45) is 1.09. The number of rotatable bonds is 9. The molecule has 2 aliphatic heterocycles. The molecular weight excluding hydrogens is 473 g/mol. The Morgan fingerprint density at radius 2 is 1.83 bits per heavy atom. The molecule has 35 heavy (non-hydrogen) atoms. The van der Waals surface area contributed by atoms with E-state index < -0.39 is 10.0 Å². The van der Waals surface area contributed by atoms with Gasteiger partial charge in [0.25, 0.3) is 5.91 Å². The molecule has 1 fully saturated rings.